The van der Waals surface area contributed by atoms with Crippen LogP contribution in [-0.4, -0.2) is 72.1 Å². The maximum atomic E-state index is 13.2. The zero-order valence-electron chi connectivity index (χ0n) is 20.8. The number of anilines is 1. The van der Waals surface area contributed by atoms with Crippen molar-refractivity contribution in [3.05, 3.63) is 41.2 Å². The third kappa shape index (κ3) is 5.00. The van der Waals surface area contributed by atoms with E-state index >= 15 is 0 Å². The smallest absolute Gasteiger partial charge is 0.246 e. The third-order valence-electron chi connectivity index (χ3n) is 7.08. The molecule has 0 spiro atoms. The number of aryl methyl sites for hydroxylation is 3. The van der Waals surface area contributed by atoms with E-state index in [1.165, 1.54) is 11.3 Å². The van der Waals surface area contributed by atoms with E-state index in [1.54, 1.807) is 22.8 Å². The molecular formula is C25H37N5O3S. The average Bonchev–Trinajstić information content (AvgIpc) is 3.11. The lowest BCUT2D eigenvalue weighted by Gasteiger charge is -2.41. The van der Waals surface area contributed by atoms with Gasteiger partial charge in [0.25, 0.3) is 0 Å². The number of sulfonamides is 1. The molecule has 3 heterocycles. The van der Waals surface area contributed by atoms with Gasteiger partial charge < -0.3 is 9.80 Å². The van der Waals surface area contributed by atoms with Gasteiger partial charge >= 0.3 is 0 Å². The van der Waals surface area contributed by atoms with Gasteiger partial charge in [0.1, 0.15) is 4.90 Å². The van der Waals surface area contributed by atoms with Crippen LogP contribution in [-0.2, 0) is 21.4 Å². The Morgan fingerprint density at radius 3 is 2.47 bits per heavy atom. The monoisotopic (exact) mass is 487 g/mol. The van der Waals surface area contributed by atoms with Crippen molar-refractivity contribution < 1.29 is 13.2 Å². The molecule has 0 aliphatic carbocycles. The number of piperidine rings is 1. The average molecular weight is 488 g/mol. The molecule has 1 atom stereocenters. The number of aromatic nitrogens is 2. The second kappa shape index (κ2) is 10.1. The van der Waals surface area contributed by atoms with Crippen LogP contribution in [0.4, 0.5) is 5.69 Å². The summed E-state index contributed by atoms with van der Waals surface area (Å²) in [5, 5.41) is 4.50. The van der Waals surface area contributed by atoms with Gasteiger partial charge in [-0.3, -0.25) is 9.48 Å². The minimum absolute atomic E-state index is 0.0868. The fraction of sp³-hybridized carbons (Fsp3) is 0.600. The number of amides is 1. The number of benzene rings is 1. The molecular weight excluding hydrogens is 450 g/mol. The van der Waals surface area contributed by atoms with Gasteiger partial charge in [0.05, 0.1) is 17.9 Å². The molecule has 9 heteroatoms. The van der Waals surface area contributed by atoms with E-state index in [1.807, 2.05) is 4.90 Å². The summed E-state index contributed by atoms with van der Waals surface area (Å²) in [5.74, 6) is 0.0868. The van der Waals surface area contributed by atoms with Crippen molar-refractivity contribution >= 4 is 21.6 Å². The number of hydrogen-bond donors (Lipinski definition) is 0. The van der Waals surface area contributed by atoms with E-state index in [9.17, 15) is 13.2 Å². The fourth-order valence-corrected chi connectivity index (χ4v) is 7.13. The van der Waals surface area contributed by atoms with Gasteiger partial charge in [-0.05, 0) is 58.2 Å². The van der Waals surface area contributed by atoms with Gasteiger partial charge in [0, 0.05) is 50.9 Å². The molecule has 0 N–H and O–H groups in total. The molecule has 2 aliphatic heterocycles. The van der Waals surface area contributed by atoms with Crippen LogP contribution in [0, 0.1) is 20.8 Å². The van der Waals surface area contributed by atoms with Crippen molar-refractivity contribution in [3.63, 3.8) is 0 Å². The molecule has 34 heavy (non-hydrogen) atoms. The zero-order valence-corrected chi connectivity index (χ0v) is 21.6. The number of rotatable bonds is 6. The van der Waals surface area contributed by atoms with Crippen LogP contribution in [0.3, 0.4) is 0 Å². The van der Waals surface area contributed by atoms with Crippen LogP contribution in [0.1, 0.15) is 49.6 Å². The van der Waals surface area contributed by atoms with Crippen molar-refractivity contribution in [2.24, 2.45) is 0 Å². The number of nitrogens with zero attached hydrogens (tertiary/aromatic N) is 5. The van der Waals surface area contributed by atoms with Crippen molar-refractivity contribution in [2.75, 3.05) is 37.6 Å². The highest BCUT2D eigenvalue weighted by Crippen LogP contribution is 2.26. The molecule has 1 unspecified atom stereocenters. The lowest BCUT2D eigenvalue weighted by Crippen LogP contribution is -2.53. The van der Waals surface area contributed by atoms with Crippen LogP contribution in [0.15, 0.2) is 29.2 Å². The van der Waals surface area contributed by atoms with Gasteiger partial charge in [-0.2, -0.15) is 9.40 Å². The SMILES string of the molecule is Cc1cccc(N2CCN(C(=O)CCn3nc(C)c(S(=O)(=O)N4CCCCC4)c3C)CC2C)c1. The highest BCUT2D eigenvalue weighted by Gasteiger charge is 2.32. The van der Waals surface area contributed by atoms with Crippen molar-refractivity contribution in [3.8, 4) is 0 Å². The Hall–Kier alpha value is -2.39. The number of carbonyl (C=O) groups is 1. The number of piperazine rings is 1. The molecule has 4 rings (SSSR count). The Morgan fingerprint density at radius 2 is 1.79 bits per heavy atom. The summed E-state index contributed by atoms with van der Waals surface area (Å²) in [6, 6.07) is 8.71. The molecule has 2 aromatic rings. The van der Waals surface area contributed by atoms with Gasteiger partial charge in [0.15, 0.2) is 0 Å². The summed E-state index contributed by atoms with van der Waals surface area (Å²) >= 11 is 0. The second-order valence-electron chi connectivity index (χ2n) is 9.66. The molecule has 2 saturated heterocycles. The minimum atomic E-state index is -3.56. The molecule has 186 valence electrons. The second-order valence-corrected chi connectivity index (χ2v) is 11.5. The molecule has 2 aliphatic rings. The highest BCUT2D eigenvalue weighted by atomic mass is 32.2. The quantitative estimate of drug-likeness (QED) is 0.626. The molecule has 1 amide bonds. The molecule has 8 nitrogen and oxygen atoms in total. The number of carbonyl (C=O) groups excluding carboxylic acids is 1. The first-order chi connectivity index (χ1) is 16.2. The first kappa shape index (κ1) is 24.7. The lowest BCUT2D eigenvalue weighted by molar-refractivity contribution is -0.132. The number of hydrogen-bond acceptors (Lipinski definition) is 5. The van der Waals surface area contributed by atoms with E-state index in [-0.39, 0.29) is 11.9 Å². The highest BCUT2D eigenvalue weighted by molar-refractivity contribution is 7.89. The van der Waals surface area contributed by atoms with Crippen LogP contribution in [0.2, 0.25) is 0 Å². The first-order valence-electron chi connectivity index (χ1n) is 12.3. The summed E-state index contributed by atoms with van der Waals surface area (Å²) in [6.45, 7) is 11.5. The molecule has 0 bridgehead atoms. The topological polar surface area (TPSA) is 78.8 Å². The predicted molar refractivity (Wildman–Crippen MR) is 133 cm³/mol. The van der Waals surface area contributed by atoms with E-state index in [0.717, 1.165) is 25.8 Å². The largest absolute Gasteiger partial charge is 0.365 e. The lowest BCUT2D eigenvalue weighted by atomic mass is 10.1. The normalized spacial score (nSPS) is 20.1. The van der Waals surface area contributed by atoms with Gasteiger partial charge in [0.2, 0.25) is 15.9 Å². The van der Waals surface area contributed by atoms with E-state index in [2.05, 4.69) is 48.1 Å². The summed E-state index contributed by atoms with van der Waals surface area (Å²) in [4.78, 5) is 17.6. The maximum absolute atomic E-state index is 13.2. The van der Waals surface area contributed by atoms with Gasteiger partial charge in [-0.25, -0.2) is 8.42 Å². The van der Waals surface area contributed by atoms with Crippen molar-refractivity contribution in [2.45, 2.75) is 70.9 Å². The molecule has 1 aromatic heterocycles. The van der Waals surface area contributed by atoms with Crippen LogP contribution in [0.25, 0.3) is 0 Å². The van der Waals surface area contributed by atoms with Gasteiger partial charge in [-0.1, -0.05) is 18.6 Å². The Morgan fingerprint density at radius 1 is 1.06 bits per heavy atom. The minimum Gasteiger partial charge on any atom is -0.365 e. The fourth-order valence-electron chi connectivity index (χ4n) is 5.24. The Labute approximate surface area is 203 Å². The summed E-state index contributed by atoms with van der Waals surface area (Å²) in [6.07, 6.45) is 3.18. The third-order valence-corrected chi connectivity index (χ3v) is 9.23. The van der Waals surface area contributed by atoms with Crippen molar-refractivity contribution in [1.82, 2.24) is 19.0 Å². The van der Waals surface area contributed by atoms with Crippen LogP contribution >= 0.6 is 0 Å². The van der Waals surface area contributed by atoms with Gasteiger partial charge in [-0.15, -0.1) is 0 Å². The zero-order chi connectivity index (χ0) is 24.5. The molecule has 0 saturated carbocycles. The Balaban J connectivity index is 1.39. The van der Waals surface area contributed by atoms with Crippen LogP contribution < -0.4 is 4.90 Å². The molecule has 1 aromatic carbocycles. The predicted octanol–water partition coefficient (Wildman–Crippen LogP) is 3.11. The van der Waals surface area contributed by atoms with E-state index in [4.69, 9.17) is 0 Å². The summed E-state index contributed by atoms with van der Waals surface area (Å²) < 4.78 is 29.7. The Bertz CT molecular complexity index is 1140. The summed E-state index contributed by atoms with van der Waals surface area (Å²) in [7, 11) is -3.56. The summed E-state index contributed by atoms with van der Waals surface area (Å²) in [5.41, 5.74) is 3.56. The Kier molecular flexibility index (Phi) is 7.33. The first-order valence-corrected chi connectivity index (χ1v) is 13.8. The van der Waals surface area contributed by atoms with Crippen molar-refractivity contribution in [1.29, 1.82) is 0 Å². The van der Waals surface area contributed by atoms with E-state index in [0.29, 0.717) is 55.4 Å². The molecule has 0 radical (unpaired) electrons. The standard InChI is InChI=1S/C25H37N5O3S/c1-19-9-8-10-23(17-19)29-16-15-27(18-20(29)2)24(31)11-14-30-22(4)25(21(3)26-30)34(32,33)28-12-6-5-7-13-28/h8-10,17,20H,5-7,11-16,18H2,1-4H3. The maximum Gasteiger partial charge on any atom is 0.246 e. The molecule has 2 fully saturated rings. The van der Waals surface area contributed by atoms with Crippen LogP contribution in [0.5, 0.6) is 0 Å². The van der Waals surface area contributed by atoms with E-state index < -0.39 is 10.0 Å².